The molecule has 3 aromatic rings. The first-order valence-corrected chi connectivity index (χ1v) is 9.63. The number of aryl methyl sites for hydroxylation is 2. The minimum Gasteiger partial charge on any atom is -0.394 e. The first-order chi connectivity index (χ1) is 11.7. The Balaban J connectivity index is 1.86. The lowest BCUT2D eigenvalue weighted by Crippen LogP contribution is -2.22. The summed E-state index contributed by atoms with van der Waals surface area (Å²) in [7, 11) is 0. The van der Waals surface area contributed by atoms with Gasteiger partial charge in [0.15, 0.2) is 5.82 Å². The molecule has 1 aliphatic rings. The van der Waals surface area contributed by atoms with Crippen LogP contribution in [-0.4, -0.2) is 32.5 Å². The maximum Gasteiger partial charge on any atom is 0.166 e. The number of fused-ring (bicyclic) bond motifs is 3. The number of rotatable bonds is 4. The Labute approximate surface area is 145 Å². The van der Waals surface area contributed by atoms with Gasteiger partial charge in [-0.1, -0.05) is 19.3 Å². The molecule has 0 aromatic carbocycles. The third-order valence-corrected chi connectivity index (χ3v) is 5.99. The molecule has 24 heavy (non-hydrogen) atoms. The highest BCUT2D eigenvalue weighted by molar-refractivity contribution is 7.26. The van der Waals surface area contributed by atoms with Crippen LogP contribution in [0.4, 0.5) is 5.82 Å². The van der Waals surface area contributed by atoms with Crippen LogP contribution in [0.1, 0.15) is 43.4 Å². The van der Waals surface area contributed by atoms with Gasteiger partial charge in [0.25, 0.3) is 0 Å². The van der Waals surface area contributed by atoms with Crippen LogP contribution in [-0.2, 0) is 6.54 Å². The van der Waals surface area contributed by atoms with E-state index in [9.17, 15) is 5.11 Å². The highest BCUT2D eigenvalue weighted by Gasteiger charge is 2.22. The topological polar surface area (TPSA) is 63.0 Å². The van der Waals surface area contributed by atoms with Crippen molar-refractivity contribution in [2.24, 2.45) is 0 Å². The first kappa shape index (κ1) is 15.8. The summed E-state index contributed by atoms with van der Waals surface area (Å²) in [4.78, 5) is 5.79. The predicted octanol–water partition coefficient (Wildman–Crippen LogP) is 4.00. The number of nitrogens with one attached hydrogen (secondary N) is 1. The number of aromatic nitrogens is 3. The van der Waals surface area contributed by atoms with Gasteiger partial charge >= 0.3 is 0 Å². The molecule has 5 nitrogen and oxygen atoms in total. The van der Waals surface area contributed by atoms with Crippen LogP contribution in [0.3, 0.4) is 0 Å². The molecule has 0 radical (unpaired) electrons. The number of aliphatic hydroxyl groups is 1. The van der Waals surface area contributed by atoms with Crippen molar-refractivity contribution in [2.45, 2.75) is 58.5 Å². The Morgan fingerprint density at radius 2 is 2.08 bits per heavy atom. The SMILES string of the molecule is Cc1cc(C)c2c(n1)sc1c(NC3CCCCC3)nn(CCO)c12. The Kier molecular flexibility index (Phi) is 4.18. The van der Waals surface area contributed by atoms with Crippen molar-refractivity contribution in [1.82, 2.24) is 14.8 Å². The van der Waals surface area contributed by atoms with Gasteiger partial charge in [-0.2, -0.15) is 5.10 Å². The lowest BCUT2D eigenvalue weighted by Gasteiger charge is -2.22. The molecule has 3 heterocycles. The molecule has 0 unspecified atom stereocenters. The summed E-state index contributed by atoms with van der Waals surface area (Å²) in [5.41, 5.74) is 3.40. The van der Waals surface area contributed by atoms with E-state index in [0.717, 1.165) is 21.9 Å². The standard InChI is InChI=1S/C18H24N4OS/c1-11-10-12(2)19-18-14(11)15-16(24-18)17(21-22(15)8-9-23)20-13-6-4-3-5-7-13/h10,13,23H,3-9H2,1-2H3,(H,20,21). The third kappa shape index (κ3) is 2.67. The smallest absolute Gasteiger partial charge is 0.166 e. The molecular formula is C18H24N4OS. The highest BCUT2D eigenvalue weighted by atomic mass is 32.1. The van der Waals surface area contributed by atoms with Crippen LogP contribution in [0.25, 0.3) is 20.4 Å². The van der Waals surface area contributed by atoms with E-state index in [-0.39, 0.29) is 6.61 Å². The molecule has 1 saturated carbocycles. The quantitative estimate of drug-likeness (QED) is 0.751. The van der Waals surface area contributed by atoms with E-state index in [2.05, 4.69) is 18.3 Å². The van der Waals surface area contributed by atoms with Crippen molar-refractivity contribution in [1.29, 1.82) is 0 Å². The fourth-order valence-corrected chi connectivity index (χ4v) is 5.08. The van der Waals surface area contributed by atoms with Gasteiger partial charge in [0, 0.05) is 17.1 Å². The number of thiophene rings is 1. The van der Waals surface area contributed by atoms with Crippen LogP contribution in [0, 0.1) is 13.8 Å². The number of anilines is 1. The monoisotopic (exact) mass is 344 g/mol. The van der Waals surface area contributed by atoms with E-state index in [1.54, 1.807) is 11.3 Å². The van der Waals surface area contributed by atoms with Gasteiger partial charge < -0.3 is 10.4 Å². The normalized spacial score (nSPS) is 16.3. The summed E-state index contributed by atoms with van der Waals surface area (Å²) in [6, 6.07) is 2.64. The molecule has 3 aromatic heterocycles. The van der Waals surface area contributed by atoms with E-state index in [1.165, 1.54) is 47.8 Å². The number of hydrogen-bond donors (Lipinski definition) is 2. The predicted molar refractivity (Wildman–Crippen MR) is 100.0 cm³/mol. The molecule has 128 valence electrons. The lowest BCUT2D eigenvalue weighted by atomic mass is 9.95. The fourth-order valence-electron chi connectivity index (χ4n) is 3.84. The summed E-state index contributed by atoms with van der Waals surface area (Å²) in [6.45, 7) is 4.78. The van der Waals surface area contributed by atoms with E-state index < -0.39 is 0 Å². The van der Waals surface area contributed by atoms with Gasteiger partial charge in [-0.05, 0) is 38.3 Å². The van der Waals surface area contributed by atoms with E-state index >= 15 is 0 Å². The second kappa shape index (κ2) is 6.33. The third-order valence-electron chi connectivity index (χ3n) is 4.91. The summed E-state index contributed by atoms with van der Waals surface area (Å²) < 4.78 is 3.12. The maximum absolute atomic E-state index is 9.44. The van der Waals surface area contributed by atoms with Crippen molar-refractivity contribution in [3.05, 3.63) is 17.3 Å². The Bertz CT molecular complexity index is 876. The molecule has 0 aliphatic heterocycles. The highest BCUT2D eigenvalue weighted by Crippen LogP contribution is 2.39. The van der Waals surface area contributed by atoms with Crippen LogP contribution >= 0.6 is 11.3 Å². The average molecular weight is 344 g/mol. The minimum atomic E-state index is 0.0926. The van der Waals surface area contributed by atoms with Crippen molar-refractivity contribution >= 4 is 37.6 Å². The molecule has 0 amide bonds. The lowest BCUT2D eigenvalue weighted by molar-refractivity contribution is 0.272. The maximum atomic E-state index is 9.44. The molecule has 0 bridgehead atoms. The Morgan fingerprint density at radius 3 is 2.83 bits per heavy atom. The second-order valence-corrected chi connectivity index (χ2v) is 7.81. The van der Waals surface area contributed by atoms with Crippen LogP contribution in [0.15, 0.2) is 6.07 Å². The first-order valence-electron chi connectivity index (χ1n) is 8.82. The van der Waals surface area contributed by atoms with E-state index in [0.29, 0.717) is 12.6 Å². The second-order valence-electron chi connectivity index (χ2n) is 6.82. The minimum absolute atomic E-state index is 0.0926. The molecule has 1 aliphatic carbocycles. The number of hydrogen-bond acceptors (Lipinski definition) is 5. The molecular weight excluding hydrogens is 320 g/mol. The van der Waals surface area contributed by atoms with Crippen molar-refractivity contribution in [3.63, 3.8) is 0 Å². The molecule has 0 spiro atoms. The Hall–Kier alpha value is -1.66. The molecule has 6 heteroatoms. The summed E-state index contributed by atoms with van der Waals surface area (Å²) in [6.07, 6.45) is 6.37. The van der Waals surface area contributed by atoms with Gasteiger partial charge in [0.1, 0.15) is 4.83 Å². The Morgan fingerprint density at radius 1 is 1.29 bits per heavy atom. The van der Waals surface area contributed by atoms with Gasteiger partial charge in [-0.3, -0.25) is 4.68 Å². The largest absolute Gasteiger partial charge is 0.394 e. The van der Waals surface area contributed by atoms with Crippen molar-refractivity contribution in [2.75, 3.05) is 11.9 Å². The number of nitrogens with zero attached hydrogens (tertiary/aromatic N) is 3. The van der Waals surface area contributed by atoms with E-state index in [4.69, 9.17) is 10.1 Å². The fraction of sp³-hybridized carbons (Fsp3) is 0.556. The summed E-state index contributed by atoms with van der Waals surface area (Å²) in [5, 5.41) is 19.1. The molecule has 1 fully saturated rings. The zero-order valence-corrected chi connectivity index (χ0v) is 15.1. The molecule has 4 rings (SSSR count). The van der Waals surface area contributed by atoms with Gasteiger partial charge in [-0.25, -0.2) is 4.98 Å². The van der Waals surface area contributed by atoms with Gasteiger partial charge in [0.05, 0.1) is 23.4 Å². The zero-order chi connectivity index (χ0) is 16.7. The van der Waals surface area contributed by atoms with Crippen LogP contribution < -0.4 is 5.32 Å². The summed E-state index contributed by atoms with van der Waals surface area (Å²) >= 11 is 1.71. The summed E-state index contributed by atoms with van der Waals surface area (Å²) in [5.74, 6) is 0.963. The van der Waals surface area contributed by atoms with Gasteiger partial charge in [0.2, 0.25) is 0 Å². The van der Waals surface area contributed by atoms with Crippen molar-refractivity contribution < 1.29 is 5.11 Å². The zero-order valence-electron chi connectivity index (χ0n) is 14.3. The number of aliphatic hydroxyl groups excluding tert-OH is 1. The molecule has 0 saturated heterocycles. The van der Waals surface area contributed by atoms with Crippen LogP contribution in [0.5, 0.6) is 0 Å². The van der Waals surface area contributed by atoms with Crippen molar-refractivity contribution in [3.8, 4) is 0 Å². The van der Waals surface area contributed by atoms with Crippen LogP contribution in [0.2, 0.25) is 0 Å². The average Bonchev–Trinajstić information content (AvgIpc) is 3.07. The van der Waals surface area contributed by atoms with E-state index in [1.807, 2.05) is 11.6 Å². The van der Waals surface area contributed by atoms with Gasteiger partial charge in [-0.15, -0.1) is 11.3 Å². The molecule has 0 atom stereocenters. The molecule has 2 N–H and O–H groups in total. The number of pyridine rings is 1.